The molecule has 3 rings (SSSR count). The molecule has 2 aliphatic heterocycles. The maximum absolute atomic E-state index is 12.7. The topological polar surface area (TPSA) is 55.8 Å². The number of halogens is 1. The summed E-state index contributed by atoms with van der Waals surface area (Å²) in [6, 6.07) is 5.28. The van der Waals surface area contributed by atoms with Crippen molar-refractivity contribution in [2.24, 2.45) is 0 Å². The molecule has 0 amide bonds. The molecular formula is C14H18ClNO4S. The Kier molecular flexibility index (Phi) is 4.00. The van der Waals surface area contributed by atoms with E-state index in [1.54, 1.807) is 12.1 Å². The molecule has 116 valence electrons. The molecule has 0 bridgehead atoms. The number of hydrogen-bond acceptors (Lipinski definition) is 4. The van der Waals surface area contributed by atoms with Crippen molar-refractivity contribution in [3.8, 4) is 0 Å². The molecule has 7 heteroatoms. The van der Waals surface area contributed by atoms with Crippen LogP contribution >= 0.6 is 11.6 Å². The first kappa shape index (κ1) is 15.2. The maximum atomic E-state index is 12.7. The van der Waals surface area contributed by atoms with Crippen LogP contribution < -0.4 is 0 Å². The number of nitrogens with zero attached hydrogens (tertiary/aromatic N) is 1. The van der Waals surface area contributed by atoms with Gasteiger partial charge in [-0.1, -0.05) is 11.6 Å². The van der Waals surface area contributed by atoms with E-state index < -0.39 is 15.8 Å². The highest BCUT2D eigenvalue weighted by atomic mass is 35.5. The van der Waals surface area contributed by atoms with Crippen LogP contribution in [0.2, 0.25) is 0 Å². The molecule has 1 fully saturated rings. The molecule has 1 aromatic rings. The quantitative estimate of drug-likeness (QED) is 0.793. The zero-order valence-corrected chi connectivity index (χ0v) is 13.4. The Morgan fingerprint density at radius 1 is 1.33 bits per heavy atom. The molecule has 0 saturated carbocycles. The molecule has 0 radical (unpaired) electrons. The molecule has 2 aliphatic rings. The number of fused-ring (bicyclic) bond motifs is 2. The minimum Gasteiger partial charge on any atom is -0.342 e. The van der Waals surface area contributed by atoms with Crippen molar-refractivity contribution < 1.29 is 17.9 Å². The number of alkyl halides is 1. The van der Waals surface area contributed by atoms with E-state index in [0.717, 1.165) is 5.56 Å². The number of sulfonamides is 1. The van der Waals surface area contributed by atoms with Gasteiger partial charge in [0.2, 0.25) is 15.8 Å². The molecule has 0 aliphatic carbocycles. The van der Waals surface area contributed by atoms with Gasteiger partial charge in [-0.3, -0.25) is 0 Å². The zero-order chi connectivity index (χ0) is 15.1. The largest absolute Gasteiger partial charge is 0.342 e. The summed E-state index contributed by atoms with van der Waals surface area (Å²) in [5.74, 6) is -0.555. The van der Waals surface area contributed by atoms with Crippen molar-refractivity contribution in [2.45, 2.75) is 24.0 Å². The van der Waals surface area contributed by atoms with E-state index in [-0.39, 0.29) is 11.4 Å². The number of ether oxygens (including phenoxy) is 2. The Hall–Kier alpha value is -0.660. The fraction of sp³-hybridized carbons (Fsp3) is 0.571. The Balaban J connectivity index is 2.12. The third-order valence-corrected chi connectivity index (χ3v) is 6.01. The molecule has 1 saturated heterocycles. The van der Waals surface area contributed by atoms with Crippen LogP contribution in [0.4, 0.5) is 0 Å². The molecule has 21 heavy (non-hydrogen) atoms. The van der Waals surface area contributed by atoms with E-state index in [4.69, 9.17) is 21.1 Å². The van der Waals surface area contributed by atoms with Gasteiger partial charge in [-0.2, -0.15) is 4.31 Å². The lowest BCUT2D eigenvalue weighted by Crippen LogP contribution is -2.50. The van der Waals surface area contributed by atoms with E-state index in [1.807, 2.05) is 13.0 Å². The molecular weight excluding hydrogens is 314 g/mol. The van der Waals surface area contributed by atoms with Crippen molar-refractivity contribution in [3.63, 3.8) is 0 Å². The summed E-state index contributed by atoms with van der Waals surface area (Å²) in [7, 11) is -3.52. The second kappa shape index (κ2) is 5.52. The normalized spacial score (nSPS) is 23.3. The second-order valence-corrected chi connectivity index (χ2v) is 7.61. The minimum atomic E-state index is -3.52. The third kappa shape index (κ3) is 2.49. The monoisotopic (exact) mass is 331 g/mol. The summed E-state index contributed by atoms with van der Waals surface area (Å²) in [6.45, 7) is 3.42. The van der Waals surface area contributed by atoms with Crippen molar-refractivity contribution in [3.05, 3.63) is 29.3 Å². The SMILES string of the molecule is Cc1ccc2c(c1)C1(CN(CCCCl)S2(=O)=O)OCCO1. The Morgan fingerprint density at radius 2 is 2.05 bits per heavy atom. The van der Waals surface area contributed by atoms with Crippen molar-refractivity contribution in [1.82, 2.24) is 4.31 Å². The summed E-state index contributed by atoms with van der Waals surface area (Å²) in [4.78, 5) is 0.274. The van der Waals surface area contributed by atoms with Crippen LogP contribution in [0.25, 0.3) is 0 Å². The highest BCUT2D eigenvalue weighted by molar-refractivity contribution is 7.89. The van der Waals surface area contributed by atoms with E-state index in [0.29, 0.717) is 37.6 Å². The van der Waals surface area contributed by atoms with Gasteiger partial charge in [-0.15, -0.1) is 11.6 Å². The smallest absolute Gasteiger partial charge is 0.243 e. The second-order valence-electron chi connectivity index (χ2n) is 5.33. The fourth-order valence-corrected chi connectivity index (χ4v) is 4.68. The average molecular weight is 332 g/mol. The van der Waals surface area contributed by atoms with E-state index >= 15 is 0 Å². The van der Waals surface area contributed by atoms with Gasteiger partial charge in [0, 0.05) is 18.0 Å². The van der Waals surface area contributed by atoms with Crippen LogP contribution in [0, 0.1) is 6.92 Å². The van der Waals surface area contributed by atoms with Crippen LogP contribution in [0.3, 0.4) is 0 Å². The third-order valence-electron chi connectivity index (χ3n) is 3.84. The van der Waals surface area contributed by atoms with Gasteiger partial charge < -0.3 is 9.47 Å². The molecule has 0 N–H and O–H groups in total. The summed E-state index contributed by atoms with van der Waals surface area (Å²) in [5.41, 5.74) is 1.60. The number of aryl methyl sites for hydroxylation is 1. The highest BCUT2D eigenvalue weighted by Crippen LogP contribution is 2.42. The minimum absolute atomic E-state index is 0.183. The Bertz CT molecular complexity index is 640. The van der Waals surface area contributed by atoms with E-state index in [9.17, 15) is 8.42 Å². The van der Waals surface area contributed by atoms with Gasteiger partial charge in [0.1, 0.15) is 0 Å². The molecule has 5 nitrogen and oxygen atoms in total. The number of rotatable bonds is 3. The predicted octanol–water partition coefficient (Wildman–Crippen LogP) is 1.83. The first-order valence-electron chi connectivity index (χ1n) is 6.95. The zero-order valence-electron chi connectivity index (χ0n) is 11.8. The number of hydrogen-bond donors (Lipinski definition) is 0. The van der Waals surface area contributed by atoms with Crippen molar-refractivity contribution in [1.29, 1.82) is 0 Å². The lowest BCUT2D eigenvalue weighted by molar-refractivity contribution is -0.176. The van der Waals surface area contributed by atoms with Crippen LogP contribution in [0.5, 0.6) is 0 Å². The Labute approximate surface area is 129 Å². The molecule has 0 unspecified atom stereocenters. The molecule has 2 heterocycles. The van der Waals surface area contributed by atoms with E-state index in [1.165, 1.54) is 4.31 Å². The Morgan fingerprint density at radius 3 is 2.71 bits per heavy atom. The summed E-state index contributed by atoms with van der Waals surface area (Å²) < 4.78 is 38.5. The summed E-state index contributed by atoms with van der Waals surface area (Å²) in [5, 5.41) is 0. The van der Waals surface area contributed by atoms with Gasteiger partial charge in [0.25, 0.3) is 0 Å². The fourth-order valence-electron chi connectivity index (χ4n) is 2.84. The standard InChI is InChI=1S/C14H18ClNO4S/c1-11-3-4-13-12(9-11)14(19-7-8-20-14)10-16(6-2-5-15)21(13,17)18/h3-4,9H,2,5-8,10H2,1H3. The molecule has 0 aromatic heterocycles. The van der Waals surface area contributed by atoms with Crippen molar-refractivity contribution in [2.75, 3.05) is 32.2 Å². The molecule has 0 atom stereocenters. The first-order valence-corrected chi connectivity index (χ1v) is 8.92. The summed E-state index contributed by atoms with van der Waals surface area (Å²) in [6.07, 6.45) is 0.595. The van der Waals surface area contributed by atoms with Crippen LogP contribution in [0.1, 0.15) is 17.5 Å². The van der Waals surface area contributed by atoms with Gasteiger partial charge in [-0.05, 0) is 25.5 Å². The van der Waals surface area contributed by atoms with Crippen LogP contribution in [-0.4, -0.2) is 44.9 Å². The van der Waals surface area contributed by atoms with Gasteiger partial charge in [0.05, 0.1) is 24.7 Å². The van der Waals surface area contributed by atoms with Gasteiger partial charge in [0.15, 0.2) is 0 Å². The van der Waals surface area contributed by atoms with Gasteiger partial charge in [-0.25, -0.2) is 8.42 Å². The lowest BCUT2D eigenvalue weighted by atomic mass is 10.0. The lowest BCUT2D eigenvalue weighted by Gasteiger charge is -2.39. The maximum Gasteiger partial charge on any atom is 0.243 e. The van der Waals surface area contributed by atoms with Crippen LogP contribution in [0.15, 0.2) is 23.1 Å². The summed E-state index contributed by atoms with van der Waals surface area (Å²) >= 11 is 5.70. The van der Waals surface area contributed by atoms with Gasteiger partial charge >= 0.3 is 0 Å². The van der Waals surface area contributed by atoms with E-state index in [2.05, 4.69) is 0 Å². The highest BCUT2D eigenvalue weighted by Gasteiger charge is 2.50. The number of benzene rings is 1. The van der Waals surface area contributed by atoms with Crippen molar-refractivity contribution >= 4 is 21.6 Å². The molecule has 1 aromatic carbocycles. The average Bonchev–Trinajstić information content (AvgIpc) is 2.91. The predicted molar refractivity (Wildman–Crippen MR) is 78.9 cm³/mol. The first-order chi connectivity index (χ1) is 9.99. The molecule has 1 spiro atoms. The van der Waals surface area contributed by atoms with Crippen LogP contribution in [-0.2, 0) is 25.3 Å².